The second-order valence-electron chi connectivity index (χ2n) is 6.61. The summed E-state index contributed by atoms with van der Waals surface area (Å²) in [4.78, 5) is 0. The Balaban J connectivity index is 1.51. The molecule has 0 aliphatic rings. The first-order chi connectivity index (χ1) is 14.0. The minimum absolute atomic E-state index is 0.238. The van der Waals surface area contributed by atoms with Crippen LogP contribution in [0, 0.1) is 18.6 Å². The molecule has 0 radical (unpaired) electrons. The number of nitrogens with one attached hydrogen (secondary N) is 1. The van der Waals surface area contributed by atoms with E-state index in [0.717, 1.165) is 11.6 Å². The molecule has 1 N–H and O–H groups in total. The van der Waals surface area contributed by atoms with Gasteiger partial charge < -0.3 is 14.3 Å². The van der Waals surface area contributed by atoms with Gasteiger partial charge in [-0.1, -0.05) is 41.6 Å². The summed E-state index contributed by atoms with van der Waals surface area (Å²) in [6.07, 6.45) is 0. The smallest absolute Gasteiger partial charge is 0.253 e. The van der Waals surface area contributed by atoms with Gasteiger partial charge in [-0.05, 0) is 31.5 Å². The summed E-state index contributed by atoms with van der Waals surface area (Å²) in [7, 11) is 0. The van der Waals surface area contributed by atoms with Gasteiger partial charge in [0.15, 0.2) is 11.6 Å². The van der Waals surface area contributed by atoms with E-state index < -0.39 is 11.6 Å². The summed E-state index contributed by atoms with van der Waals surface area (Å²) in [5.74, 6) is -0.524. The molecule has 0 aliphatic heterocycles. The molecule has 2 aromatic carbocycles. The largest absolute Gasteiger partial charge is 0.419 e. The van der Waals surface area contributed by atoms with Crippen molar-refractivity contribution in [1.82, 2.24) is 20.7 Å². The van der Waals surface area contributed by atoms with Crippen molar-refractivity contribution in [3.05, 3.63) is 77.4 Å². The van der Waals surface area contributed by atoms with Crippen molar-refractivity contribution in [2.24, 2.45) is 0 Å². The monoisotopic (exact) mass is 396 g/mol. The van der Waals surface area contributed by atoms with Crippen molar-refractivity contribution in [3.8, 4) is 22.7 Å². The number of aromatic nitrogens is 3. The Morgan fingerprint density at radius 2 is 1.83 bits per heavy atom. The molecule has 0 bridgehead atoms. The molecule has 1 atom stereocenters. The molecule has 148 valence electrons. The van der Waals surface area contributed by atoms with Crippen molar-refractivity contribution in [1.29, 1.82) is 0 Å². The van der Waals surface area contributed by atoms with Crippen molar-refractivity contribution in [2.75, 3.05) is 0 Å². The van der Waals surface area contributed by atoms with E-state index in [0.29, 0.717) is 34.4 Å². The van der Waals surface area contributed by atoms with Gasteiger partial charge in [-0.25, -0.2) is 8.78 Å². The van der Waals surface area contributed by atoms with Gasteiger partial charge >= 0.3 is 0 Å². The van der Waals surface area contributed by atoms with Crippen LogP contribution in [0.2, 0.25) is 0 Å². The van der Waals surface area contributed by atoms with Gasteiger partial charge in [0.05, 0.1) is 6.54 Å². The minimum Gasteiger partial charge on any atom is -0.419 e. The molecule has 0 aliphatic carbocycles. The van der Waals surface area contributed by atoms with Crippen molar-refractivity contribution >= 4 is 0 Å². The summed E-state index contributed by atoms with van der Waals surface area (Å²) < 4.78 is 37.6. The maximum absolute atomic E-state index is 13.4. The van der Waals surface area contributed by atoms with Crippen LogP contribution in [0.1, 0.15) is 30.2 Å². The average Bonchev–Trinajstić information content (AvgIpc) is 3.35. The molecule has 0 saturated carbocycles. The number of hydrogen-bond acceptors (Lipinski definition) is 6. The van der Waals surface area contributed by atoms with Gasteiger partial charge in [0.25, 0.3) is 5.89 Å². The lowest BCUT2D eigenvalue weighted by atomic mass is 10.1. The van der Waals surface area contributed by atoms with Gasteiger partial charge in [0.2, 0.25) is 5.89 Å². The lowest BCUT2D eigenvalue weighted by molar-refractivity contribution is 0.399. The van der Waals surface area contributed by atoms with E-state index in [2.05, 4.69) is 20.7 Å². The van der Waals surface area contributed by atoms with Gasteiger partial charge in [-0.2, -0.15) is 0 Å². The van der Waals surface area contributed by atoms with Crippen molar-refractivity contribution < 1.29 is 17.7 Å². The van der Waals surface area contributed by atoms with Gasteiger partial charge in [-0.3, -0.25) is 0 Å². The van der Waals surface area contributed by atoms with Crippen LogP contribution >= 0.6 is 0 Å². The standard InChI is InChI=1S/C21H18F2N4O2/c1-12(15-8-9-16(22)17(23)10-15)24-11-18-25-26-21(28-18)19-13(2)29-27-20(19)14-6-4-3-5-7-14/h3-10,12,24H,11H2,1-2H3/t12-/m0/s1. The fourth-order valence-corrected chi connectivity index (χ4v) is 2.98. The third kappa shape index (κ3) is 3.93. The zero-order valence-electron chi connectivity index (χ0n) is 15.8. The summed E-state index contributed by atoms with van der Waals surface area (Å²) in [6, 6.07) is 13.1. The Bertz CT molecular complexity index is 1120. The zero-order valence-corrected chi connectivity index (χ0v) is 15.8. The lowest BCUT2D eigenvalue weighted by Gasteiger charge is -2.12. The molecule has 6 nitrogen and oxygen atoms in total. The quantitative estimate of drug-likeness (QED) is 0.503. The number of rotatable bonds is 6. The van der Waals surface area contributed by atoms with Crippen LogP contribution in [0.4, 0.5) is 8.78 Å². The molecular formula is C21H18F2N4O2. The molecular weight excluding hydrogens is 378 g/mol. The maximum atomic E-state index is 13.4. The first-order valence-corrected chi connectivity index (χ1v) is 9.05. The number of benzene rings is 2. The van der Waals surface area contributed by atoms with Crippen LogP contribution < -0.4 is 5.32 Å². The van der Waals surface area contributed by atoms with Crippen LogP contribution in [0.25, 0.3) is 22.7 Å². The highest BCUT2D eigenvalue weighted by atomic mass is 19.2. The molecule has 2 aromatic heterocycles. The summed E-state index contributed by atoms with van der Waals surface area (Å²) in [5, 5.41) is 15.5. The van der Waals surface area contributed by atoms with Gasteiger partial charge in [0.1, 0.15) is 17.0 Å². The van der Waals surface area contributed by atoms with E-state index in [4.69, 9.17) is 8.94 Å². The fraction of sp³-hybridized carbons (Fsp3) is 0.190. The van der Waals surface area contributed by atoms with E-state index in [1.54, 1.807) is 6.92 Å². The molecule has 0 saturated heterocycles. The van der Waals surface area contributed by atoms with E-state index in [-0.39, 0.29) is 12.6 Å². The summed E-state index contributed by atoms with van der Waals surface area (Å²) >= 11 is 0. The van der Waals surface area contributed by atoms with Crippen molar-refractivity contribution in [2.45, 2.75) is 26.4 Å². The Labute approximate surface area is 165 Å². The predicted molar refractivity (Wildman–Crippen MR) is 102 cm³/mol. The summed E-state index contributed by atoms with van der Waals surface area (Å²) in [5.41, 5.74) is 2.76. The van der Waals surface area contributed by atoms with Crippen LogP contribution in [0.5, 0.6) is 0 Å². The summed E-state index contributed by atoms with van der Waals surface area (Å²) in [6.45, 7) is 3.88. The maximum Gasteiger partial charge on any atom is 0.253 e. The Kier molecular flexibility index (Phi) is 5.18. The van der Waals surface area contributed by atoms with Crippen LogP contribution in [-0.4, -0.2) is 15.4 Å². The third-order valence-electron chi connectivity index (χ3n) is 4.59. The molecule has 4 aromatic rings. The second kappa shape index (κ2) is 7.92. The SMILES string of the molecule is Cc1onc(-c2ccccc2)c1-c1nnc(CN[C@@H](C)c2ccc(F)c(F)c2)o1. The average molecular weight is 396 g/mol. The Morgan fingerprint density at radius 1 is 1.03 bits per heavy atom. The highest BCUT2D eigenvalue weighted by Crippen LogP contribution is 2.33. The lowest BCUT2D eigenvalue weighted by Crippen LogP contribution is -2.18. The zero-order chi connectivity index (χ0) is 20.4. The Morgan fingerprint density at radius 3 is 2.59 bits per heavy atom. The highest BCUT2D eigenvalue weighted by Gasteiger charge is 2.22. The Hall–Kier alpha value is -3.39. The van der Waals surface area contributed by atoms with Crippen LogP contribution in [-0.2, 0) is 6.54 Å². The molecule has 0 amide bonds. The first kappa shape index (κ1) is 18.9. The first-order valence-electron chi connectivity index (χ1n) is 9.05. The highest BCUT2D eigenvalue weighted by molar-refractivity contribution is 5.77. The fourth-order valence-electron chi connectivity index (χ4n) is 2.98. The minimum atomic E-state index is -0.882. The molecule has 0 spiro atoms. The normalized spacial score (nSPS) is 12.3. The molecule has 0 fully saturated rings. The predicted octanol–water partition coefficient (Wildman–Crippen LogP) is 4.83. The van der Waals surface area contributed by atoms with Crippen LogP contribution in [0.3, 0.4) is 0 Å². The third-order valence-corrected chi connectivity index (χ3v) is 4.59. The number of nitrogens with zero attached hydrogens (tertiary/aromatic N) is 3. The van der Waals surface area contributed by atoms with E-state index in [1.807, 2.05) is 37.3 Å². The van der Waals surface area contributed by atoms with E-state index in [1.165, 1.54) is 12.1 Å². The van der Waals surface area contributed by atoms with E-state index in [9.17, 15) is 8.78 Å². The number of aryl methyl sites for hydroxylation is 1. The topological polar surface area (TPSA) is 77.0 Å². The van der Waals surface area contributed by atoms with Gasteiger partial charge in [-0.15, -0.1) is 10.2 Å². The second-order valence-corrected chi connectivity index (χ2v) is 6.61. The molecule has 0 unspecified atom stereocenters. The number of halogens is 2. The number of hydrogen-bond donors (Lipinski definition) is 1. The van der Waals surface area contributed by atoms with Crippen LogP contribution in [0.15, 0.2) is 57.5 Å². The van der Waals surface area contributed by atoms with E-state index >= 15 is 0 Å². The van der Waals surface area contributed by atoms with Crippen molar-refractivity contribution in [3.63, 3.8) is 0 Å². The molecule has 4 rings (SSSR count). The molecule has 8 heteroatoms. The molecule has 29 heavy (non-hydrogen) atoms. The molecule has 2 heterocycles. The van der Waals surface area contributed by atoms with Gasteiger partial charge in [0, 0.05) is 11.6 Å².